The van der Waals surface area contributed by atoms with Gasteiger partial charge in [-0.2, -0.15) is 5.26 Å². The van der Waals surface area contributed by atoms with Gasteiger partial charge in [-0.15, -0.1) is 0 Å². The molecule has 3 heterocycles. The van der Waals surface area contributed by atoms with Crippen LogP contribution in [0.4, 0.5) is 0 Å². The van der Waals surface area contributed by atoms with E-state index in [4.69, 9.17) is 4.98 Å². The van der Waals surface area contributed by atoms with Gasteiger partial charge in [0, 0.05) is 40.0 Å². The van der Waals surface area contributed by atoms with Crippen LogP contribution in [-0.4, -0.2) is 14.5 Å². The minimum absolute atomic E-state index is 0.519. The molecule has 7 rings (SSSR count). The lowest BCUT2D eigenvalue weighted by Gasteiger charge is -2.09. The van der Waals surface area contributed by atoms with Crippen molar-refractivity contribution >= 4 is 32.6 Å². The van der Waals surface area contributed by atoms with Crippen molar-refractivity contribution in [3.8, 4) is 34.3 Å². The molecular formula is C33H20N4. The lowest BCUT2D eigenvalue weighted by atomic mass is 10.0. The first-order valence-corrected chi connectivity index (χ1v) is 12.1. The first kappa shape index (κ1) is 21.0. The summed E-state index contributed by atoms with van der Waals surface area (Å²) in [5.41, 5.74) is 7.47. The van der Waals surface area contributed by atoms with Crippen molar-refractivity contribution < 1.29 is 0 Å². The minimum Gasteiger partial charge on any atom is -0.309 e. The Kier molecular flexibility index (Phi) is 4.80. The van der Waals surface area contributed by atoms with Crippen molar-refractivity contribution in [1.29, 1.82) is 5.26 Å². The summed E-state index contributed by atoms with van der Waals surface area (Å²) >= 11 is 0. The maximum absolute atomic E-state index is 9.28. The van der Waals surface area contributed by atoms with E-state index in [1.807, 2.05) is 30.3 Å². The number of aromatic nitrogens is 3. The summed E-state index contributed by atoms with van der Waals surface area (Å²) in [5.74, 6) is 0. The van der Waals surface area contributed by atoms with Crippen LogP contribution in [0.5, 0.6) is 0 Å². The van der Waals surface area contributed by atoms with Gasteiger partial charge in [0.25, 0.3) is 0 Å². The third-order valence-electron chi connectivity index (χ3n) is 6.88. The molecule has 4 nitrogen and oxygen atoms in total. The lowest BCUT2D eigenvalue weighted by Crippen LogP contribution is -1.94. The molecule has 4 aromatic carbocycles. The molecular weight excluding hydrogens is 452 g/mol. The molecule has 37 heavy (non-hydrogen) atoms. The quantitative estimate of drug-likeness (QED) is 0.262. The molecule has 0 aliphatic rings. The molecule has 0 amide bonds. The van der Waals surface area contributed by atoms with Gasteiger partial charge < -0.3 is 4.57 Å². The number of pyridine rings is 2. The molecule has 0 atom stereocenters. The predicted octanol–water partition coefficient (Wildman–Crippen LogP) is 7.93. The second kappa shape index (κ2) is 8.44. The molecule has 0 unspecified atom stereocenters. The summed E-state index contributed by atoms with van der Waals surface area (Å²) in [5, 5.41) is 14.2. The van der Waals surface area contributed by atoms with E-state index in [0.29, 0.717) is 5.56 Å². The number of hydrogen-bond donors (Lipinski definition) is 0. The highest BCUT2D eigenvalue weighted by atomic mass is 15.0. The van der Waals surface area contributed by atoms with Gasteiger partial charge in [0.1, 0.15) is 6.07 Å². The third-order valence-corrected chi connectivity index (χ3v) is 6.88. The Morgan fingerprint density at radius 1 is 0.622 bits per heavy atom. The summed E-state index contributed by atoms with van der Waals surface area (Å²) < 4.78 is 2.34. The molecule has 0 aliphatic heterocycles. The largest absolute Gasteiger partial charge is 0.309 e. The molecule has 0 bridgehead atoms. The third kappa shape index (κ3) is 3.45. The molecule has 0 N–H and O–H groups in total. The van der Waals surface area contributed by atoms with E-state index in [0.717, 1.165) is 33.7 Å². The highest BCUT2D eigenvalue weighted by Gasteiger charge is 2.16. The Morgan fingerprint density at radius 3 is 2.30 bits per heavy atom. The van der Waals surface area contributed by atoms with E-state index in [2.05, 4.69) is 94.5 Å². The molecule has 3 aromatic heterocycles. The summed E-state index contributed by atoms with van der Waals surface area (Å²) in [6.07, 6.45) is 3.31. The molecule has 0 radical (unpaired) electrons. The maximum Gasteiger partial charge on any atom is 0.101 e. The molecule has 0 saturated carbocycles. The Bertz CT molecular complexity index is 2000. The zero-order chi connectivity index (χ0) is 24.8. The first-order valence-electron chi connectivity index (χ1n) is 12.1. The average Bonchev–Trinajstić information content (AvgIpc) is 3.32. The minimum atomic E-state index is 0.519. The topological polar surface area (TPSA) is 54.5 Å². The van der Waals surface area contributed by atoms with E-state index in [-0.39, 0.29) is 0 Å². The molecule has 7 aromatic rings. The zero-order valence-corrected chi connectivity index (χ0v) is 19.8. The van der Waals surface area contributed by atoms with Gasteiger partial charge >= 0.3 is 0 Å². The van der Waals surface area contributed by atoms with Crippen LogP contribution < -0.4 is 0 Å². The standard InChI is InChI=1S/C33H20N4/c34-19-22-17-25(21-35-20-22)30-12-6-11-29(36-30)24-13-15-28-32(18-24)37(26-8-2-1-3-9-26)31-16-14-23-7-4-5-10-27(23)33(28)31/h1-18,20-21H. The van der Waals surface area contributed by atoms with Crippen LogP contribution in [0.3, 0.4) is 0 Å². The summed E-state index contributed by atoms with van der Waals surface area (Å²) in [4.78, 5) is 9.15. The molecule has 4 heteroatoms. The Hall–Kier alpha value is -5.27. The van der Waals surface area contributed by atoms with Gasteiger partial charge in [0.2, 0.25) is 0 Å². The van der Waals surface area contributed by atoms with Crippen molar-refractivity contribution in [2.45, 2.75) is 0 Å². The summed E-state index contributed by atoms with van der Waals surface area (Å²) in [7, 11) is 0. The highest BCUT2D eigenvalue weighted by Crippen LogP contribution is 2.38. The van der Waals surface area contributed by atoms with Crippen molar-refractivity contribution in [2.24, 2.45) is 0 Å². The Balaban J connectivity index is 1.48. The van der Waals surface area contributed by atoms with Crippen LogP contribution in [0, 0.1) is 11.3 Å². The van der Waals surface area contributed by atoms with Crippen molar-refractivity contribution in [3.05, 3.63) is 127 Å². The fourth-order valence-corrected chi connectivity index (χ4v) is 5.20. The number of nitriles is 1. The molecule has 172 valence electrons. The van der Waals surface area contributed by atoms with E-state index < -0.39 is 0 Å². The molecule has 0 fully saturated rings. The van der Waals surface area contributed by atoms with Gasteiger partial charge in [-0.3, -0.25) is 4.98 Å². The van der Waals surface area contributed by atoms with E-state index in [1.54, 1.807) is 12.4 Å². The summed E-state index contributed by atoms with van der Waals surface area (Å²) in [6.45, 7) is 0. The number of fused-ring (bicyclic) bond motifs is 5. The fourth-order valence-electron chi connectivity index (χ4n) is 5.20. The van der Waals surface area contributed by atoms with Crippen LogP contribution in [0.25, 0.3) is 60.8 Å². The van der Waals surface area contributed by atoms with Crippen molar-refractivity contribution in [1.82, 2.24) is 14.5 Å². The van der Waals surface area contributed by atoms with Crippen molar-refractivity contribution in [3.63, 3.8) is 0 Å². The summed E-state index contributed by atoms with van der Waals surface area (Å²) in [6, 6.07) is 40.0. The normalized spacial score (nSPS) is 11.2. The van der Waals surface area contributed by atoms with Gasteiger partial charge in [0.05, 0.1) is 28.0 Å². The molecule has 0 aliphatic carbocycles. The SMILES string of the molecule is N#Cc1cncc(-c2cccc(-c3ccc4c5c6ccccc6ccc5n(-c5ccccc5)c4c3)n2)c1. The van der Waals surface area contributed by atoms with Crippen molar-refractivity contribution in [2.75, 3.05) is 0 Å². The molecule has 0 spiro atoms. The smallest absolute Gasteiger partial charge is 0.101 e. The zero-order valence-electron chi connectivity index (χ0n) is 19.8. The first-order chi connectivity index (χ1) is 18.3. The van der Waals surface area contributed by atoms with Crippen LogP contribution in [0.15, 0.2) is 122 Å². The number of hydrogen-bond acceptors (Lipinski definition) is 3. The Labute approximate surface area is 213 Å². The van der Waals surface area contributed by atoms with E-state index in [1.165, 1.54) is 27.1 Å². The van der Waals surface area contributed by atoms with Crippen LogP contribution >= 0.6 is 0 Å². The van der Waals surface area contributed by atoms with E-state index in [9.17, 15) is 5.26 Å². The van der Waals surface area contributed by atoms with Crippen LogP contribution in [-0.2, 0) is 0 Å². The van der Waals surface area contributed by atoms with Gasteiger partial charge in [-0.1, -0.05) is 66.7 Å². The van der Waals surface area contributed by atoms with Crippen LogP contribution in [0.1, 0.15) is 5.56 Å². The Morgan fingerprint density at radius 2 is 1.43 bits per heavy atom. The average molecular weight is 473 g/mol. The van der Waals surface area contributed by atoms with Gasteiger partial charge in [-0.05, 0) is 53.2 Å². The van der Waals surface area contributed by atoms with Crippen LogP contribution in [0.2, 0.25) is 0 Å². The maximum atomic E-state index is 9.28. The number of benzene rings is 4. The second-order valence-electron chi connectivity index (χ2n) is 9.07. The monoisotopic (exact) mass is 472 g/mol. The lowest BCUT2D eigenvalue weighted by molar-refractivity contribution is 1.18. The van der Waals surface area contributed by atoms with Gasteiger partial charge in [0.15, 0.2) is 0 Å². The predicted molar refractivity (Wildman–Crippen MR) is 149 cm³/mol. The van der Waals surface area contributed by atoms with Gasteiger partial charge in [-0.25, -0.2) is 4.98 Å². The second-order valence-corrected chi connectivity index (χ2v) is 9.07. The van der Waals surface area contributed by atoms with E-state index >= 15 is 0 Å². The number of para-hydroxylation sites is 1. The fraction of sp³-hybridized carbons (Fsp3) is 0. The number of nitrogens with zero attached hydrogens (tertiary/aromatic N) is 4. The highest BCUT2D eigenvalue weighted by molar-refractivity contribution is 6.21. The number of rotatable bonds is 3. The molecule has 0 saturated heterocycles.